The Hall–Kier alpha value is -1.55. The van der Waals surface area contributed by atoms with E-state index >= 15 is 0 Å². The van der Waals surface area contributed by atoms with E-state index in [0.29, 0.717) is 18.4 Å². The number of benzene rings is 1. The Morgan fingerprint density at radius 3 is 2.73 bits per heavy atom. The predicted molar refractivity (Wildman–Crippen MR) is 108 cm³/mol. The molecule has 0 spiro atoms. The molecule has 1 aromatic carbocycles. The molecule has 1 aromatic rings. The number of rotatable bonds is 7. The van der Waals surface area contributed by atoms with Crippen LogP contribution in [0.5, 0.6) is 0 Å². The molecule has 1 heterocycles. The highest BCUT2D eigenvalue weighted by Gasteiger charge is 2.41. The Bertz CT molecular complexity index is 635. The van der Waals surface area contributed by atoms with Gasteiger partial charge in [-0.3, -0.25) is 4.79 Å². The van der Waals surface area contributed by atoms with Crippen LogP contribution in [0, 0.1) is 5.92 Å². The first-order valence-electron chi connectivity index (χ1n) is 10.2. The topological polar surface area (TPSA) is 41.6 Å². The zero-order valence-corrected chi connectivity index (χ0v) is 16.8. The van der Waals surface area contributed by atoms with Crippen LogP contribution in [-0.2, 0) is 14.9 Å². The highest BCUT2D eigenvalue weighted by molar-refractivity contribution is 5.91. The minimum absolute atomic E-state index is 0.0912. The van der Waals surface area contributed by atoms with Gasteiger partial charge in [-0.1, -0.05) is 32.8 Å². The summed E-state index contributed by atoms with van der Waals surface area (Å²) in [5.74, 6) is 0.731. The van der Waals surface area contributed by atoms with Crippen molar-refractivity contribution in [2.75, 3.05) is 30.0 Å². The smallest absolute Gasteiger partial charge is 0.224 e. The SMILES string of the molecule is CCOCCN1c2cc(NC(=O)CC3CCCC3)ccc2C(C)(C)C1C. The summed E-state index contributed by atoms with van der Waals surface area (Å²) in [5.41, 5.74) is 3.60. The van der Waals surface area contributed by atoms with Gasteiger partial charge < -0.3 is 15.0 Å². The molecule has 1 aliphatic heterocycles. The molecule has 1 N–H and O–H groups in total. The van der Waals surface area contributed by atoms with Crippen molar-refractivity contribution in [3.8, 4) is 0 Å². The molecular formula is C22H34N2O2. The summed E-state index contributed by atoms with van der Waals surface area (Å²) in [4.78, 5) is 14.8. The van der Waals surface area contributed by atoms with Crippen molar-refractivity contribution >= 4 is 17.3 Å². The van der Waals surface area contributed by atoms with Crippen LogP contribution in [0.15, 0.2) is 18.2 Å². The Morgan fingerprint density at radius 1 is 1.31 bits per heavy atom. The Balaban J connectivity index is 1.73. The summed E-state index contributed by atoms with van der Waals surface area (Å²) in [7, 11) is 0. The fourth-order valence-electron chi connectivity index (χ4n) is 4.53. The number of hydrogen-bond acceptors (Lipinski definition) is 3. The minimum atomic E-state index is 0.0912. The standard InChI is InChI=1S/C22H34N2O2/c1-5-26-13-12-24-16(2)22(3,4)19-11-10-18(15-20(19)24)23-21(25)14-17-8-6-7-9-17/h10-11,15-17H,5-9,12-14H2,1-4H3,(H,23,25). The van der Waals surface area contributed by atoms with Crippen molar-refractivity contribution < 1.29 is 9.53 Å². The number of nitrogens with one attached hydrogen (secondary N) is 1. The van der Waals surface area contributed by atoms with Crippen LogP contribution in [0.25, 0.3) is 0 Å². The number of fused-ring (bicyclic) bond motifs is 1. The van der Waals surface area contributed by atoms with Gasteiger partial charge in [-0.15, -0.1) is 0 Å². The highest BCUT2D eigenvalue weighted by atomic mass is 16.5. The van der Waals surface area contributed by atoms with E-state index in [-0.39, 0.29) is 11.3 Å². The Labute approximate surface area is 158 Å². The van der Waals surface area contributed by atoms with Crippen LogP contribution >= 0.6 is 0 Å². The van der Waals surface area contributed by atoms with Gasteiger partial charge in [0.05, 0.1) is 6.61 Å². The maximum Gasteiger partial charge on any atom is 0.224 e. The first-order valence-corrected chi connectivity index (χ1v) is 10.2. The third-order valence-corrected chi connectivity index (χ3v) is 6.43. The number of carbonyl (C=O) groups is 1. The van der Waals surface area contributed by atoms with Crippen molar-refractivity contribution in [2.24, 2.45) is 5.92 Å². The number of nitrogens with zero attached hydrogens (tertiary/aromatic N) is 1. The molecule has 4 nitrogen and oxygen atoms in total. The van der Waals surface area contributed by atoms with Crippen LogP contribution in [0.4, 0.5) is 11.4 Å². The molecule has 1 saturated carbocycles. The number of anilines is 2. The minimum Gasteiger partial charge on any atom is -0.380 e. The van der Waals surface area contributed by atoms with E-state index in [1.165, 1.54) is 36.9 Å². The molecule has 0 aromatic heterocycles. The molecule has 144 valence electrons. The van der Waals surface area contributed by atoms with E-state index in [2.05, 4.69) is 49.2 Å². The van der Waals surface area contributed by atoms with Gasteiger partial charge in [-0.2, -0.15) is 0 Å². The molecule has 1 unspecified atom stereocenters. The van der Waals surface area contributed by atoms with Crippen molar-refractivity contribution in [3.05, 3.63) is 23.8 Å². The highest BCUT2D eigenvalue weighted by Crippen LogP contribution is 2.45. The average Bonchev–Trinajstić information content (AvgIpc) is 3.16. The van der Waals surface area contributed by atoms with Crippen LogP contribution in [-0.4, -0.2) is 31.7 Å². The summed E-state index contributed by atoms with van der Waals surface area (Å²) >= 11 is 0. The third-order valence-electron chi connectivity index (χ3n) is 6.43. The summed E-state index contributed by atoms with van der Waals surface area (Å²) < 4.78 is 5.58. The molecule has 2 aliphatic rings. The second-order valence-electron chi connectivity index (χ2n) is 8.42. The number of hydrogen-bond donors (Lipinski definition) is 1. The molecule has 0 radical (unpaired) electrons. The van der Waals surface area contributed by atoms with Gasteiger partial charge in [0.2, 0.25) is 5.91 Å². The second-order valence-corrected chi connectivity index (χ2v) is 8.42. The van der Waals surface area contributed by atoms with E-state index in [0.717, 1.165) is 25.4 Å². The largest absolute Gasteiger partial charge is 0.380 e. The van der Waals surface area contributed by atoms with Gasteiger partial charge in [-0.25, -0.2) is 0 Å². The molecule has 3 rings (SSSR count). The van der Waals surface area contributed by atoms with Crippen molar-refractivity contribution in [1.82, 2.24) is 0 Å². The van der Waals surface area contributed by atoms with Gasteiger partial charge in [-0.05, 0) is 50.3 Å². The molecule has 0 bridgehead atoms. The molecule has 4 heteroatoms. The lowest BCUT2D eigenvalue weighted by atomic mass is 9.81. The molecule has 1 atom stereocenters. The van der Waals surface area contributed by atoms with Crippen LogP contribution in [0.1, 0.15) is 65.4 Å². The fraction of sp³-hybridized carbons (Fsp3) is 0.682. The van der Waals surface area contributed by atoms with E-state index in [1.54, 1.807) is 0 Å². The van der Waals surface area contributed by atoms with Crippen LogP contribution in [0.2, 0.25) is 0 Å². The molecule has 26 heavy (non-hydrogen) atoms. The number of amides is 1. The lowest BCUT2D eigenvalue weighted by Crippen LogP contribution is -2.40. The summed E-state index contributed by atoms with van der Waals surface area (Å²) in [5, 5.41) is 3.13. The van der Waals surface area contributed by atoms with Crippen molar-refractivity contribution in [1.29, 1.82) is 0 Å². The Morgan fingerprint density at radius 2 is 2.04 bits per heavy atom. The molecule has 1 fully saturated rings. The Kier molecular flexibility index (Phi) is 5.91. The monoisotopic (exact) mass is 358 g/mol. The summed E-state index contributed by atoms with van der Waals surface area (Å²) in [6.45, 7) is 11.3. The normalized spacial score (nSPS) is 21.8. The first-order chi connectivity index (χ1) is 12.4. The van der Waals surface area contributed by atoms with Crippen molar-refractivity contribution in [2.45, 2.75) is 71.3 Å². The van der Waals surface area contributed by atoms with E-state index in [4.69, 9.17) is 4.74 Å². The third kappa shape index (κ3) is 3.90. The predicted octanol–water partition coefficient (Wildman–Crippen LogP) is 4.73. The molecule has 1 amide bonds. The lowest BCUT2D eigenvalue weighted by Gasteiger charge is -2.31. The molecular weight excluding hydrogens is 324 g/mol. The molecule has 0 saturated heterocycles. The van der Waals surface area contributed by atoms with Gasteiger partial charge in [0.25, 0.3) is 0 Å². The zero-order chi connectivity index (χ0) is 18.7. The van der Waals surface area contributed by atoms with Crippen molar-refractivity contribution in [3.63, 3.8) is 0 Å². The molecule has 1 aliphatic carbocycles. The lowest BCUT2D eigenvalue weighted by molar-refractivity contribution is -0.117. The maximum absolute atomic E-state index is 12.4. The number of carbonyl (C=O) groups excluding carboxylic acids is 1. The van der Waals surface area contributed by atoms with Crippen LogP contribution < -0.4 is 10.2 Å². The van der Waals surface area contributed by atoms with Gasteiger partial charge in [0.1, 0.15) is 0 Å². The van der Waals surface area contributed by atoms with E-state index in [1.807, 2.05) is 6.92 Å². The van der Waals surface area contributed by atoms with Gasteiger partial charge in [0.15, 0.2) is 0 Å². The summed E-state index contributed by atoms with van der Waals surface area (Å²) in [6, 6.07) is 6.81. The quantitative estimate of drug-likeness (QED) is 0.717. The summed E-state index contributed by atoms with van der Waals surface area (Å²) in [6.07, 6.45) is 5.62. The first kappa shape index (κ1) is 19.2. The van der Waals surface area contributed by atoms with Gasteiger partial charge >= 0.3 is 0 Å². The zero-order valence-electron chi connectivity index (χ0n) is 16.8. The van der Waals surface area contributed by atoms with E-state index < -0.39 is 0 Å². The van der Waals surface area contributed by atoms with Gasteiger partial charge in [0, 0.05) is 42.4 Å². The average molecular weight is 359 g/mol. The van der Waals surface area contributed by atoms with Crippen LogP contribution in [0.3, 0.4) is 0 Å². The maximum atomic E-state index is 12.4. The second kappa shape index (κ2) is 7.99. The fourth-order valence-corrected chi connectivity index (χ4v) is 4.53. The van der Waals surface area contributed by atoms with E-state index in [9.17, 15) is 4.79 Å². The number of ether oxygens (including phenoxy) is 1.